The van der Waals surface area contributed by atoms with Crippen molar-refractivity contribution in [1.82, 2.24) is 15.3 Å². The second kappa shape index (κ2) is 5.85. The van der Waals surface area contributed by atoms with Gasteiger partial charge >= 0.3 is 0 Å². The van der Waals surface area contributed by atoms with Gasteiger partial charge in [-0.1, -0.05) is 0 Å². The Kier molecular flexibility index (Phi) is 3.92. The first kappa shape index (κ1) is 14.1. The van der Waals surface area contributed by atoms with Crippen LogP contribution >= 0.6 is 0 Å². The van der Waals surface area contributed by atoms with Crippen LogP contribution in [0.25, 0.3) is 0 Å². The predicted molar refractivity (Wildman–Crippen MR) is 76.0 cm³/mol. The zero-order valence-electron chi connectivity index (χ0n) is 11.8. The molecule has 0 radical (unpaired) electrons. The summed E-state index contributed by atoms with van der Waals surface area (Å²) in [6, 6.07) is 0.173. The third-order valence-corrected chi connectivity index (χ3v) is 4.24. The first-order chi connectivity index (χ1) is 10.2. The van der Waals surface area contributed by atoms with E-state index < -0.39 is 0 Å². The number of carbonyl (C=O) groups is 1. The van der Waals surface area contributed by atoms with Gasteiger partial charge in [0.1, 0.15) is 12.4 Å². The van der Waals surface area contributed by atoms with Gasteiger partial charge in [-0.05, 0) is 25.7 Å². The summed E-state index contributed by atoms with van der Waals surface area (Å²) in [7, 11) is 0. The standard InChI is InChI=1S/C14H20N4O3/c19-6-7-21-13-9-15-8-11(17-13)16-10-2-3-12(20)18-14(10)4-1-5-14/h8-10,19H,1-7H2,(H,16,17)(H,18,20). The molecule has 1 atom stereocenters. The third kappa shape index (κ3) is 2.92. The molecule has 2 aliphatic rings. The molecule has 7 heteroatoms. The van der Waals surface area contributed by atoms with Crippen molar-refractivity contribution >= 4 is 11.7 Å². The first-order valence-electron chi connectivity index (χ1n) is 7.35. The Hall–Kier alpha value is -1.89. The molecule has 21 heavy (non-hydrogen) atoms. The maximum absolute atomic E-state index is 11.6. The van der Waals surface area contributed by atoms with E-state index in [1.807, 2.05) is 0 Å². The summed E-state index contributed by atoms with van der Waals surface area (Å²) in [5, 5.41) is 15.3. The highest BCUT2D eigenvalue weighted by molar-refractivity contribution is 5.78. The van der Waals surface area contributed by atoms with E-state index in [0.717, 1.165) is 25.7 Å². The quantitative estimate of drug-likeness (QED) is 0.729. The van der Waals surface area contributed by atoms with Crippen molar-refractivity contribution in [2.75, 3.05) is 18.5 Å². The Labute approximate surface area is 123 Å². The molecule has 3 N–H and O–H groups in total. The maximum atomic E-state index is 11.6. The van der Waals surface area contributed by atoms with E-state index in [4.69, 9.17) is 9.84 Å². The average Bonchev–Trinajstić information content (AvgIpc) is 2.46. The van der Waals surface area contributed by atoms with E-state index in [9.17, 15) is 4.79 Å². The Morgan fingerprint density at radius 3 is 3.05 bits per heavy atom. The van der Waals surface area contributed by atoms with Gasteiger partial charge in [0.05, 0.1) is 30.6 Å². The molecule has 1 aromatic rings. The minimum atomic E-state index is -0.126. The molecule has 1 aliphatic carbocycles. The molecule has 2 heterocycles. The fourth-order valence-corrected chi connectivity index (χ4v) is 3.04. The van der Waals surface area contributed by atoms with Gasteiger partial charge < -0.3 is 20.5 Å². The SMILES string of the molecule is O=C1CCC(Nc2cncc(OCCO)n2)C2(CCC2)N1. The molecule has 1 saturated heterocycles. The fourth-order valence-electron chi connectivity index (χ4n) is 3.04. The molecule has 1 saturated carbocycles. The zero-order chi connectivity index (χ0) is 14.7. The summed E-state index contributed by atoms with van der Waals surface area (Å²) < 4.78 is 5.26. The van der Waals surface area contributed by atoms with Crippen molar-refractivity contribution in [2.45, 2.75) is 43.7 Å². The van der Waals surface area contributed by atoms with Crippen LogP contribution in [0, 0.1) is 0 Å². The summed E-state index contributed by atoms with van der Waals surface area (Å²) in [5.74, 6) is 1.16. The van der Waals surface area contributed by atoms with Gasteiger partial charge in [0, 0.05) is 6.42 Å². The van der Waals surface area contributed by atoms with Crippen LogP contribution < -0.4 is 15.4 Å². The minimum Gasteiger partial charge on any atom is -0.474 e. The number of ether oxygens (including phenoxy) is 1. The lowest BCUT2D eigenvalue weighted by molar-refractivity contribution is -0.127. The number of aromatic nitrogens is 2. The number of nitrogens with one attached hydrogen (secondary N) is 2. The van der Waals surface area contributed by atoms with Crippen LogP contribution in [0.5, 0.6) is 5.88 Å². The van der Waals surface area contributed by atoms with Gasteiger partial charge in [-0.25, -0.2) is 0 Å². The van der Waals surface area contributed by atoms with Crippen molar-refractivity contribution in [3.8, 4) is 5.88 Å². The summed E-state index contributed by atoms with van der Waals surface area (Å²) >= 11 is 0. The van der Waals surface area contributed by atoms with E-state index in [2.05, 4.69) is 20.6 Å². The molecule has 114 valence electrons. The van der Waals surface area contributed by atoms with Crippen LogP contribution in [0.2, 0.25) is 0 Å². The van der Waals surface area contributed by atoms with Gasteiger partial charge in [0.25, 0.3) is 0 Å². The van der Waals surface area contributed by atoms with Crippen molar-refractivity contribution in [3.63, 3.8) is 0 Å². The summed E-state index contributed by atoms with van der Waals surface area (Å²) in [4.78, 5) is 20.0. The number of rotatable bonds is 5. The lowest BCUT2D eigenvalue weighted by Gasteiger charge is -2.51. The van der Waals surface area contributed by atoms with Crippen molar-refractivity contribution < 1.29 is 14.6 Å². The zero-order valence-corrected chi connectivity index (χ0v) is 11.8. The fraction of sp³-hybridized carbons (Fsp3) is 0.643. The maximum Gasteiger partial charge on any atom is 0.234 e. The number of carbonyl (C=O) groups excluding carboxylic acids is 1. The normalized spacial score (nSPS) is 23.3. The van der Waals surface area contributed by atoms with E-state index >= 15 is 0 Å². The lowest BCUT2D eigenvalue weighted by atomic mass is 9.68. The average molecular weight is 292 g/mol. The minimum absolute atomic E-state index is 0.0584. The second-order valence-corrected chi connectivity index (χ2v) is 5.61. The Bertz CT molecular complexity index is 519. The Morgan fingerprint density at radius 2 is 2.33 bits per heavy atom. The second-order valence-electron chi connectivity index (χ2n) is 5.61. The van der Waals surface area contributed by atoms with Gasteiger partial charge in [-0.2, -0.15) is 4.98 Å². The highest BCUT2D eigenvalue weighted by Gasteiger charge is 2.47. The monoisotopic (exact) mass is 292 g/mol. The Morgan fingerprint density at radius 1 is 1.48 bits per heavy atom. The van der Waals surface area contributed by atoms with Crippen LogP contribution in [0.1, 0.15) is 32.1 Å². The molecule has 7 nitrogen and oxygen atoms in total. The van der Waals surface area contributed by atoms with Crippen molar-refractivity contribution in [2.24, 2.45) is 0 Å². The van der Waals surface area contributed by atoms with E-state index in [1.165, 1.54) is 6.20 Å². The largest absolute Gasteiger partial charge is 0.474 e. The molecule has 1 amide bonds. The van der Waals surface area contributed by atoms with E-state index in [-0.39, 0.29) is 30.7 Å². The summed E-state index contributed by atoms with van der Waals surface area (Å²) in [6.07, 6.45) is 7.65. The smallest absolute Gasteiger partial charge is 0.234 e. The number of hydrogen-bond acceptors (Lipinski definition) is 6. The number of amides is 1. The van der Waals surface area contributed by atoms with Gasteiger partial charge in [0.15, 0.2) is 0 Å². The number of hydrogen-bond donors (Lipinski definition) is 3. The molecule has 1 unspecified atom stereocenters. The highest BCUT2D eigenvalue weighted by Crippen LogP contribution is 2.40. The number of piperidine rings is 1. The van der Waals surface area contributed by atoms with Crippen LogP contribution in [-0.4, -0.2) is 45.8 Å². The van der Waals surface area contributed by atoms with Crippen LogP contribution in [0.15, 0.2) is 12.4 Å². The molecule has 2 fully saturated rings. The predicted octanol–water partition coefficient (Wildman–Crippen LogP) is 0.461. The van der Waals surface area contributed by atoms with Crippen molar-refractivity contribution in [3.05, 3.63) is 12.4 Å². The van der Waals surface area contributed by atoms with E-state index in [1.54, 1.807) is 6.20 Å². The van der Waals surface area contributed by atoms with E-state index in [0.29, 0.717) is 18.1 Å². The molecular weight excluding hydrogens is 272 g/mol. The molecule has 0 bridgehead atoms. The molecule has 1 aromatic heterocycles. The van der Waals surface area contributed by atoms with Crippen LogP contribution in [0.4, 0.5) is 5.82 Å². The molecule has 1 spiro atoms. The topological polar surface area (TPSA) is 96.4 Å². The molecule has 1 aliphatic heterocycles. The van der Waals surface area contributed by atoms with Gasteiger partial charge in [-0.15, -0.1) is 0 Å². The summed E-state index contributed by atoms with van der Waals surface area (Å²) in [6.45, 7) is 0.138. The number of aliphatic hydroxyl groups excluding tert-OH is 1. The van der Waals surface area contributed by atoms with Crippen LogP contribution in [-0.2, 0) is 4.79 Å². The molecule has 3 rings (SSSR count). The summed E-state index contributed by atoms with van der Waals surface area (Å²) in [5.41, 5.74) is -0.126. The first-order valence-corrected chi connectivity index (χ1v) is 7.35. The Balaban J connectivity index is 1.69. The number of anilines is 1. The van der Waals surface area contributed by atoms with Gasteiger partial charge in [0.2, 0.25) is 11.8 Å². The van der Waals surface area contributed by atoms with Crippen molar-refractivity contribution in [1.29, 1.82) is 0 Å². The number of aliphatic hydroxyl groups is 1. The third-order valence-electron chi connectivity index (χ3n) is 4.24. The van der Waals surface area contributed by atoms with Gasteiger partial charge in [-0.3, -0.25) is 9.78 Å². The van der Waals surface area contributed by atoms with Crippen LogP contribution in [0.3, 0.4) is 0 Å². The highest BCUT2D eigenvalue weighted by atomic mass is 16.5. The molecule has 0 aromatic carbocycles. The number of nitrogens with zero attached hydrogens (tertiary/aromatic N) is 2. The lowest BCUT2D eigenvalue weighted by Crippen LogP contribution is -2.66. The molecular formula is C14H20N4O3.